The topological polar surface area (TPSA) is 70.8 Å². The quantitative estimate of drug-likeness (QED) is 0.870. The van der Waals surface area contributed by atoms with Crippen molar-refractivity contribution in [3.05, 3.63) is 28.5 Å². The van der Waals surface area contributed by atoms with E-state index in [4.69, 9.17) is 5.73 Å². The van der Waals surface area contributed by atoms with Crippen LogP contribution in [0.4, 0.5) is 10.3 Å². The standard InChI is InChI=1S/C14H17BrFN5/c1-8-11(17)6-3-7-21(8)14-18-13(19-20-14)12-9(15)4-2-5-10(12)16/h2,4-5,8,11H,3,6-7,17H2,1H3,(H,18,19,20). The molecule has 3 N–H and O–H groups in total. The van der Waals surface area contributed by atoms with E-state index >= 15 is 0 Å². The predicted octanol–water partition coefficient (Wildman–Crippen LogP) is 2.69. The van der Waals surface area contributed by atoms with E-state index in [0.717, 1.165) is 19.4 Å². The van der Waals surface area contributed by atoms with Crippen LogP contribution >= 0.6 is 15.9 Å². The van der Waals surface area contributed by atoms with Gasteiger partial charge in [-0.3, -0.25) is 5.10 Å². The predicted molar refractivity (Wildman–Crippen MR) is 83.5 cm³/mol. The second kappa shape index (κ2) is 5.73. The van der Waals surface area contributed by atoms with Crippen LogP contribution in [0.5, 0.6) is 0 Å². The summed E-state index contributed by atoms with van der Waals surface area (Å²) >= 11 is 3.35. The molecule has 0 aliphatic carbocycles. The van der Waals surface area contributed by atoms with Crippen molar-refractivity contribution in [2.45, 2.75) is 31.8 Å². The Morgan fingerprint density at radius 2 is 2.29 bits per heavy atom. The number of hydrogen-bond acceptors (Lipinski definition) is 4. The maximum absolute atomic E-state index is 14.0. The molecule has 2 unspecified atom stereocenters. The highest BCUT2D eigenvalue weighted by molar-refractivity contribution is 9.10. The maximum atomic E-state index is 14.0. The van der Waals surface area contributed by atoms with Crippen LogP contribution < -0.4 is 10.6 Å². The first-order valence-electron chi connectivity index (χ1n) is 6.97. The fraction of sp³-hybridized carbons (Fsp3) is 0.429. The second-order valence-electron chi connectivity index (χ2n) is 5.32. The van der Waals surface area contributed by atoms with E-state index in [1.165, 1.54) is 6.07 Å². The molecule has 1 saturated heterocycles. The Kier molecular flexibility index (Phi) is 3.95. The van der Waals surface area contributed by atoms with Crippen LogP contribution in [0.1, 0.15) is 19.8 Å². The van der Waals surface area contributed by atoms with Crippen LogP contribution in [0.2, 0.25) is 0 Å². The molecule has 3 rings (SSSR count). The fourth-order valence-electron chi connectivity index (χ4n) is 2.67. The van der Waals surface area contributed by atoms with E-state index in [-0.39, 0.29) is 17.9 Å². The summed E-state index contributed by atoms with van der Waals surface area (Å²) in [6, 6.07) is 5.11. The van der Waals surface area contributed by atoms with E-state index in [1.54, 1.807) is 12.1 Å². The number of rotatable bonds is 2. The van der Waals surface area contributed by atoms with Gasteiger partial charge in [-0.2, -0.15) is 4.98 Å². The highest BCUT2D eigenvalue weighted by Crippen LogP contribution is 2.30. The van der Waals surface area contributed by atoms with Crippen LogP contribution in [0.25, 0.3) is 11.4 Å². The molecule has 0 amide bonds. The van der Waals surface area contributed by atoms with Gasteiger partial charge in [0, 0.05) is 23.1 Å². The first-order chi connectivity index (χ1) is 10.1. The third kappa shape index (κ3) is 2.67. The number of hydrogen-bond donors (Lipinski definition) is 2. The number of aromatic amines is 1. The Labute approximate surface area is 130 Å². The van der Waals surface area contributed by atoms with Gasteiger partial charge in [-0.05, 0) is 47.8 Å². The van der Waals surface area contributed by atoms with Crippen LogP contribution in [-0.4, -0.2) is 33.8 Å². The van der Waals surface area contributed by atoms with Gasteiger partial charge in [0.05, 0.1) is 5.56 Å². The molecule has 7 heteroatoms. The molecule has 0 bridgehead atoms. The largest absolute Gasteiger partial charge is 0.335 e. The Morgan fingerprint density at radius 1 is 1.48 bits per heavy atom. The van der Waals surface area contributed by atoms with Crippen LogP contribution in [0, 0.1) is 5.82 Å². The van der Waals surface area contributed by atoms with Crippen molar-refractivity contribution in [1.82, 2.24) is 15.2 Å². The number of nitrogens with one attached hydrogen (secondary N) is 1. The molecule has 1 fully saturated rings. The zero-order chi connectivity index (χ0) is 15.0. The van der Waals surface area contributed by atoms with Gasteiger partial charge >= 0.3 is 0 Å². The van der Waals surface area contributed by atoms with Crippen molar-refractivity contribution in [1.29, 1.82) is 0 Å². The van der Waals surface area contributed by atoms with Crippen molar-refractivity contribution in [3.63, 3.8) is 0 Å². The second-order valence-corrected chi connectivity index (χ2v) is 6.18. The molecular formula is C14H17BrFN5. The molecule has 112 valence electrons. The lowest BCUT2D eigenvalue weighted by atomic mass is 9.99. The van der Waals surface area contributed by atoms with Crippen molar-refractivity contribution in [2.75, 3.05) is 11.4 Å². The van der Waals surface area contributed by atoms with Gasteiger partial charge in [-0.25, -0.2) is 4.39 Å². The smallest absolute Gasteiger partial charge is 0.245 e. The van der Waals surface area contributed by atoms with Gasteiger partial charge in [-0.1, -0.05) is 6.07 Å². The molecule has 1 aliphatic rings. The lowest BCUT2D eigenvalue weighted by Crippen LogP contribution is -2.50. The average molecular weight is 354 g/mol. The summed E-state index contributed by atoms with van der Waals surface area (Å²) in [5.74, 6) is 0.652. The highest BCUT2D eigenvalue weighted by atomic mass is 79.9. The number of piperidine rings is 1. The first-order valence-corrected chi connectivity index (χ1v) is 7.76. The number of H-pyrrole nitrogens is 1. The van der Waals surface area contributed by atoms with Crippen molar-refractivity contribution < 1.29 is 4.39 Å². The van der Waals surface area contributed by atoms with E-state index < -0.39 is 0 Å². The van der Waals surface area contributed by atoms with Gasteiger partial charge in [0.1, 0.15) is 5.82 Å². The summed E-state index contributed by atoms with van der Waals surface area (Å²) in [6.07, 6.45) is 2.02. The normalized spacial score (nSPS) is 22.6. The summed E-state index contributed by atoms with van der Waals surface area (Å²) in [4.78, 5) is 6.52. The molecule has 2 heterocycles. The van der Waals surface area contributed by atoms with Crippen molar-refractivity contribution >= 4 is 21.9 Å². The number of nitrogens with two attached hydrogens (primary N) is 1. The van der Waals surface area contributed by atoms with Crippen LogP contribution in [-0.2, 0) is 0 Å². The molecule has 0 saturated carbocycles. The minimum atomic E-state index is -0.338. The third-order valence-electron chi connectivity index (χ3n) is 3.98. The SMILES string of the molecule is CC1C(N)CCCN1c1n[nH]c(-c2c(F)cccc2Br)n1. The van der Waals surface area contributed by atoms with Gasteiger partial charge in [0.25, 0.3) is 0 Å². The van der Waals surface area contributed by atoms with E-state index in [9.17, 15) is 4.39 Å². The number of anilines is 1. The molecule has 5 nitrogen and oxygen atoms in total. The van der Waals surface area contributed by atoms with E-state index in [1.807, 2.05) is 0 Å². The highest BCUT2D eigenvalue weighted by Gasteiger charge is 2.28. The molecule has 0 spiro atoms. The summed E-state index contributed by atoms with van der Waals surface area (Å²) in [5.41, 5.74) is 6.49. The van der Waals surface area contributed by atoms with Gasteiger partial charge < -0.3 is 10.6 Å². The summed E-state index contributed by atoms with van der Waals surface area (Å²) in [7, 11) is 0. The average Bonchev–Trinajstić information content (AvgIpc) is 2.91. The molecule has 0 radical (unpaired) electrons. The third-order valence-corrected chi connectivity index (χ3v) is 4.64. The van der Waals surface area contributed by atoms with E-state index in [0.29, 0.717) is 21.8 Å². The zero-order valence-corrected chi connectivity index (χ0v) is 13.3. The Balaban J connectivity index is 1.93. The molecule has 21 heavy (non-hydrogen) atoms. The molecule has 1 aromatic heterocycles. The molecule has 2 aromatic rings. The number of halogens is 2. The lowest BCUT2D eigenvalue weighted by molar-refractivity contribution is 0.416. The first kappa shape index (κ1) is 14.5. The van der Waals surface area contributed by atoms with Crippen LogP contribution in [0.15, 0.2) is 22.7 Å². The summed E-state index contributed by atoms with van der Waals surface area (Å²) in [5, 5.41) is 7.05. The minimum absolute atomic E-state index is 0.112. The van der Waals surface area contributed by atoms with Gasteiger partial charge in [-0.15, -0.1) is 5.10 Å². The zero-order valence-electron chi connectivity index (χ0n) is 11.7. The minimum Gasteiger partial charge on any atom is -0.335 e. The Bertz CT molecular complexity index is 624. The Morgan fingerprint density at radius 3 is 3.05 bits per heavy atom. The van der Waals surface area contributed by atoms with Crippen molar-refractivity contribution in [2.24, 2.45) is 5.73 Å². The van der Waals surface area contributed by atoms with Crippen LogP contribution in [0.3, 0.4) is 0 Å². The van der Waals surface area contributed by atoms with E-state index in [2.05, 4.69) is 42.9 Å². The number of benzene rings is 1. The number of nitrogens with zero attached hydrogens (tertiary/aromatic N) is 3. The monoisotopic (exact) mass is 353 g/mol. The molecular weight excluding hydrogens is 337 g/mol. The summed E-state index contributed by atoms with van der Waals surface area (Å²) in [6.45, 7) is 2.93. The molecule has 1 aromatic carbocycles. The van der Waals surface area contributed by atoms with Gasteiger partial charge in [0.15, 0.2) is 5.82 Å². The molecule has 2 atom stereocenters. The summed E-state index contributed by atoms with van der Waals surface area (Å²) < 4.78 is 14.6. The maximum Gasteiger partial charge on any atom is 0.245 e. The Hall–Kier alpha value is -1.47. The molecule has 1 aliphatic heterocycles. The lowest BCUT2D eigenvalue weighted by Gasteiger charge is -2.36. The van der Waals surface area contributed by atoms with Gasteiger partial charge in [0.2, 0.25) is 5.95 Å². The van der Waals surface area contributed by atoms with Crippen molar-refractivity contribution in [3.8, 4) is 11.4 Å². The number of aromatic nitrogens is 3. The fourth-order valence-corrected chi connectivity index (χ4v) is 3.20.